The van der Waals surface area contributed by atoms with Crippen LogP contribution < -0.4 is 0 Å². The van der Waals surface area contributed by atoms with Crippen molar-refractivity contribution in [2.75, 3.05) is 33.2 Å². The zero-order valence-corrected chi connectivity index (χ0v) is 16.5. The predicted molar refractivity (Wildman–Crippen MR) is 109 cm³/mol. The van der Waals surface area contributed by atoms with Crippen LogP contribution in [-0.2, 0) is 0 Å². The molecule has 0 saturated carbocycles. The van der Waals surface area contributed by atoms with Gasteiger partial charge in [0.2, 0.25) is 0 Å². The smallest absolute Gasteiger partial charge is 0.0824 e. The molecule has 0 aromatic heterocycles. The van der Waals surface area contributed by atoms with Crippen LogP contribution in [-0.4, -0.2) is 49.7 Å². The average Bonchev–Trinajstić information content (AvgIpc) is 2.65. The van der Waals surface area contributed by atoms with Gasteiger partial charge < -0.3 is 9.80 Å². The van der Waals surface area contributed by atoms with E-state index in [-0.39, 0.29) is 0 Å². The first-order valence-electron chi connectivity index (χ1n) is 9.05. The molecule has 1 saturated heterocycles. The Morgan fingerprint density at radius 2 is 1.96 bits per heavy atom. The van der Waals surface area contributed by atoms with E-state index in [1.54, 1.807) is 0 Å². The van der Waals surface area contributed by atoms with Crippen molar-refractivity contribution in [2.24, 2.45) is 4.99 Å². The highest BCUT2D eigenvalue weighted by molar-refractivity contribution is 6.29. The van der Waals surface area contributed by atoms with Crippen LogP contribution in [0.3, 0.4) is 0 Å². The number of halogens is 1. The van der Waals surface area contributed by atoms with Crippen LogP contribution in [0.5, 0.6) is 0 Å². The molecule has 1 aliphatic heterocycles. The van der Waals surface area contributed by atoms with Crippen molar-refractivity contribution in [1.29, 1.82) is 0 Å². The highest BCUT2D eigenvalue weighted by atomic mass is 35.5. The van der Waals surface area contributed by atoms with Gasteiger partial charge in [0.1, 0.15) is 0 Å². The summed E-state index contributed by atoms with van der Waals surface area (Å²) in [6.07, 6.45) is 4.43. The Bertz CT molecular complexity index is 609. The van der Waals surface area contributed by atoms with Gasteiger partial charge in [0, 0.05) is 25.2 Å². The third kappa shape index (κ3) is 5.45. The van der Waals surface area contributed by atoms with E-state index in [2.05, 4.69) is 58.9 Å². The maximum absolute atomic E-state index is 6.30. The van der Waals surface area contributed by atoms with Crippen LogP contribution in [0.25, 0.3) is 0 Å². The SMILES string of the molecule is C=NC(=C/C)/C(=C(\C)Cl)N(C)CCN1CCC(c2ccccc2)CC1. The molecule has 0 unspecified atom stereocenters. The zero-order valence-electron chi connectivity index (χ0n) is 15.7. The van der Waals surface area contributed by atoms with Crippen molar-refractivity contribution >= 4 is 18.3 Å². The maximum atomic E-state index is 6.30. The summed E-state index contributed by atoms with van der Waals surface area (Å²) >= 11 is 6.30. The van der Waals surface area contributed by atoms with Crippen molar-refractivity contribution in [3.8, 4) is 0 Å². The molecule has 25 heavy (non-hydrogen) atoms. The molecule has 0 aliphatic carbocycles. The second kappa shape index (κ2) is 9.79. The Kier molecular flexibility index (Phi) is 7.73. The number of rotatable bonds is 7. The second-order valence-corrected chi connectivity index (χ2v) is 7.23. The van der Waals surface area contributed by atoms with Crippen LogP contribution in [0.1, 0.15) is 38.2 Å². The highest BCUT2D eigenvalue weighted by Gasteiger charge is 2.21. The Morgan fingerprint density at radius 1 is 1.32 bits per heavy atom. The van der Waals surface area contributed by atoms with Crippen LogP contribution in [0.2, 0.25) is 0 Å². The van der Waals surface area contributed by atoms with Crippen LogP contribution in [0, 0.1) is 0 Å². The normalized spacial score (nSPS) is 18.0. The number of likely N-dealkylation sites (tertiary alicyclic amines) is 1. The largest absolute Gasteiger partial charge is 0.371 e. The second-order valence-electron chi connectivity index (χ2n) is 6.66. The molecular weight excluding hydrogens is 330 g/mol. The minimum atomic E-state index is 0.704. The molecule has 4 heteroatoms. The third-order valence-corrected chi connectivity index (χ3v) is 5.18. The summed E-state index contributed by atoms with van der Waals surface area (Å²) < 4.78 is 0. The number of allylic oxidation sites excluding steroid dienone is 2. The lowest BCUT2D eigenvalue weighted by atomic mass is 9.89. The molecule has 0 N–H and O–H groups in total. The molecule has 1 aliphatic rings. The summed E-state index contributed by atoms with van der Waals surface area (Å²) in [5.74, 6) is 0.704. The van der Waals surface area contributed by atoms with Crippen molar-refractivity contribution < 1.29 is 0 Å². The summed E-state index contributed by atoms with van der Waals surface area (Å²) in [7, 11) is 2.08. The molecule has 1 aromatic carbocycles. The lowest BCUT2D eigenvalue weighted by Crippen LogP contribution is -2.38. The van der Waals surface area contributed by atoms with Gasteiger partial charge in [-0.05, 0) is 58.0 Å². The fourth-order valence-electron chi connectivity index (χ4n) is 3.56. The third-order valence-electron chi connectivity index (χ3n) is 5.00. The molecule has 0 atom stereocenters. The van der Waals surface area contributed by atoms with Gasteiger partial charge in [-0.1, -0.05) is 48.0 Å². The van der Waals surface area contributed by atoms with Crippen LogP contribution >= 0.6 is 11.6 Å². The Labute approximate surface area is 157 Å². The molecule has 0 bridgehead atoms. The maximum Gasteiger partial charge on any atom is 0.0824 e. The van der Waals surface area contributed by atoms with Gasteiger partial charge in [-0.3, -0.25) is 4.99 Å². The van der Waals surface area contributed by atoms with E-state index < -0.39 is 0 Å². The van der Waals surface area contributed by atoms with Crippen LogP contribution in [0.15, 0.2) is 57.8 Å². The van der Waals surface area contributed by atoms with E-state index in [1.807, 2.05) is 19.9 Å². The predicted octanol–water partition coefficient (Wildman–Crippen LogP) is 4.87. The van der Waals surface area contributed by atoms with E-state index in [0.29, 0.717) is 5.92 Å². The van der Waals surface area contributed by atoms with E-state index in [0.717, 1.165) is 42.6 Å². The molecular formula is C21H30ClN3. The topological polar surface area (TPSA) is 18.8 Å². The Morgan fingerprint density at radius 3 is 2.48 bits per heavy atom. The lowest BCUT2D eigenvalue weighted by Gasteiger charge is -2.34. The first-order chi connectivity index (χ1) is 12.1. The minimum Gasteiger partial charge on any atom is -0.371 e. The van der Waals surface area contributed by atoms with Gasteiger partial charge >= 0.3 is 0 Å². The molecule has 0 spiro atoms. The summed E-state index contributed by atoms with van der Waals surface area (Å²) in [6.45, 7) is 11.8. The van der Waals surface area contributed by atoms with Gasteiger partial charge in [-0.25, -0.2) is 0 Å². The minimum absolute atomic E-state index is 0.704. The monoisotopic (exact) mass is 359 g/mol. The Balaban J connectivity index is 1.86. The summed E-state index contributed by atoms with van der Waals surface area (Å²) in [6, 6.07) is 10.9. The first-order valence-corrected chi connectivity index (χ1v) is 9.42. The van der Waals surface area contributed by atoms with Gasteiger partial charge in [0.15, 0.2) is 0 Å². The standard InChI is InChI=1S/C21H30ClN3/c1-5-20(23-3)21(17(2)22)24(4)15-16-25-13-11-19(12-14-25)18-9-7-6-8-10-18/h5-10,19H,3,11-16H2,1-2,4H3/b20-5+,21-17-. The number of aliphatic imine (C=N–C) groups is 1. The molecule has 0 radical (unpaired) electrons. The Hall–Kier alpha value is -1.58. The van der Waals surface area contributed by atoms with Gasteiger partial charge in [-0.2, -0.15) is 0 Å². The van der Waals surface area contributed by atoms with Gasteiger partial charge in [0.25, 0.3) is 0 Å². The van der Waals surface area contributed by atoms with Crippen molar-refractivity contribution in [3.05, 3.63) is 58.4 Å². The fraction of sp³-hybridized carbons (Fsp3) is 0.476. The van der Waals surface area contributed by atoms with Crippen molar-refractivity contribution in [1.82, 2.24) is 9.80 Å². The van der Waals surface area contributed by atoms with Crippen molar-refractivity contribution in [2.45, 2.75) is 32.6 Å². The molecule has 1 fully saturated rings. The molecule has 1 aromatic rings. The van der Waals surface area contributed by atoms with Crippen molar-refractivity contribution in [3.63, 3.8) is 0 Å². The van der Waals surface area contributed by atoms with E-state index in [4.69, 9.17) is 11.6 Å². The highest BCUT2D eigenvalue weighted by Crippen LogP contribution is 2.28. The van der Waals surface area contributed by atoms with E-state index >= 15 is 0 Å². The summed E-state index contributed by atoms with van der Waals surface area (Å²) in [5, 5.41) is 0.755. The number of hydrogen-bond donors (Lipinski definition) is 0. The number of nitrogens with zero attached hydrogens (tertiary/aromatic N) is 3. The fourth-order valence-corrected chi connectivity index (χ4v) is 3.80. The lowest BCUT2D eigenvalue weighted by molar-refractivity contribution is 0.195. The summed E-state index contributed by atoms with van der Waals surface area (Å²) in [5.41, 5.74) is 3.30. The molecule has 3 nitrogen and oxygen atoms in total. The zero-order chi connectivity index (χ0) is 18.2. The summed E-state index contributed by atoms with van der Waals surface area (Å²) in [4.78, 5) is 8.84. The molecule has 0 amide bonds. The number of hydrogen-bond acceptors (Lipinski definition) is 3. The van der Waals surface area contributed by atoms with Crippen LogP contribution in [0.4, 0.5) is 0 Å². The quantitative estimate of drug-likeness (QED) is 0.510. The number of piperidine rings is 1. The molecule has 2 rings (SSSR count). The number of benzene rings is 1. The van der Waals surface area contributed by atoms with Gasteiger partial charge in [0.05, 0.1) is 11.4 Å². The van der Waals surface area contributed by atoms with E-state index in [9.17, 15) is 0 Å². The van der Waals surface area contributed by atoms with E-state index in [1.165, 1.54) is 18.4 Å². The molecule has 136 valence electrons. The first kappa shape index (κ1) is 19.7. The van der Waals surface area contributed by atoms with Gasteiger partial charge in [-0.15, -0.1) is 0 Å². The number of likely N-dealkylation sites (N-methyl/N-ethyl adjacent to an activating group) is 1. The average molecular weight is 360 g/mol. The molecule has 1 heterocycles.